The van der Waals surface area contributed by atoms with Gasteiger partial charge in [-0.3, -0.25) is 9.69 Å². The molecule has 7 nitrogen and oxygen atoms in total. The first-order valence-electron chi connectivity index (χ1n) is 16.6. The number of H-pyrrole nitrogens is 1. The first-order chi connectivity index (χ1) is 21.2. The zero-order chi connectivity index (χ0) is 31.2. The Balaban J connectivity index is 1.42. The van der Waals surface area contributed by atoms with E-state index in [-0.39, 0.29) is 5.56 Å². The van der Waals surface area contributed by atoms with Gasteiger partial charge in [0, 0.05) is 68.3 Å². The van der Waals surface area contributed by atoms with Crippen LogP contribution < -0.4 is 15.8 Å². The predicted octanol–water partition coefficient (Wildman–Crippen LogP) is 5.79. The van der Waals surface area contributed by atoms with E-state index in [0.717, 1.165) is 56.2 Å². The van der Waals surface area contributed by atoms with Crippen LogP contribution in [0.3, 0.4) is 0 Å². The third-order valence-electron chi connectivity index (χ3n) is 9.88. The van der Waals surface area contributed by atoms with E-state index >= 15 is 0 Å². The number of nitrogens with one attached hydrogen (secondary N) is 2. The van der Waals surface area contributed by atoms with Crippen molar-refractivity contribution in [1.82, 2.24) is 20.1 Å². The molecule has 1 aliphatic carbocycles. The molecule has 44 heavy (non-hydrogen) atoms. The van der Waals surface area contributed by atoms with E-state index in [1.807, 2.05) is 13.8 Å². The summed E-state index contributed by atoms with van der Waals surface area (Å²) in [6, 6.07) is 17.2. The van der Waals surface area contributed by atoms with E-state index in [0.29, 0.717) is 25.2 Å². The molecule has 0 unspecified atom stereocenters. The molecule has 238 valence electrons. The van der Waals surface area contributed by atoms with Gasteiger partial charge in [-0.15, -0.1) is 0 Å². The number of nitrogens with zero attached hydrogens (tertiary/aromatic N) is 3. The van der Waals surface area contributed by atoms with Crippen LogP contribution in [0.15, 0.2) is 47.3 Å². The van der Waals surface area contributed by atoms with Gasteiger partial charge in [0.05, 0.1) is 13.2 Å². The highest BCUT2D eigenvalue weighted by molar-refractivity contribution is 5.73. The fourth-order valence-corrected chi connectivity index (χ4v) is 7.16. The van der Waals surface area contributed by atoms with E-state index in [1.54, 1.807) is 0 Å². The largest absolute Gasteiger partial charge is 0.379 e. The van der Waals surface area contributed by atoms with Crippen molar-refractivity contribution >= 4 is 5.69 Å². The van der Waals surface area contributed by atoms with Gasteiger partial charge in [-0.25, -0.2) is 0 Å². The SMILES string of the molecule is CCN(c1cc(-c2ccc(CN3CCOCC3)cc2)cc(CNCc2c(C)cc(C)[nH]c2=O)c1C)[C@H]1CC[C@H](N(C)C)CC1. The number of aromatic amines is 1. The van der Waals surface area contributed by atoms with Crippen LogP contribution in [0.2, 0.25) is 0 Å². The quantitative estimate of drug-likeness (QED) is 0.291. The monoisotopic (exact) mass is 599 g/mol. The van der Waals surface area contributed by atoms with Gasteiger partial charge in [-0.1, -0.05) is 24.3 Å². The van der Waals surface area contributed by atoms with E-state index in [2.05, 4.69) is 95.4 Å². The van der Waals surface area contributed by atoms with Crippen LogP contribution in [0.5, 0.6) is 0 Å². The molecule has 1 aromatic heterocycles. The summed E-state index contributed by atoms with van der Waals surface area (Å²) >= 11 is 0. The smallest absolute Gasteiger partial charge is 0.252 e. The Morgan fingerprint density at radius 2 is 1.59 bits per heavy atom. The number of pyridine rings is 1. The topological polar surface area (TPSA) is 63.8 Å². The molecule has 0 radical (unpaired) electrons. The number of benzene rings is 2. The first-order valence-corrected chi connectivity index (χ1v) is 16.6. The summed E-state index contributed by atoms with van der Waals surface area (Å²) in [4.78, 5) is 23.2. The van der Waals surface area contributed by atoms with Gasteiger partial charge in [0.1, 0.15) is 0 Å². The van der Waals surface area contributed by atoms with Crippen molar-refractivity contribution in [2.45, 2.75) is 85.1 Å². The van der Waals surface area contributed by atoms with Gasteiger partial charge in [0.2, 0.25) is 0 Å². The van der Waals surface area contributed by atoms with E-state index in [1.165, 1.54) is 59.2 Å². The summed E-state index contributed by atoms with van der Waals surface area (Å²) in [5.41, 5.74) is 10.6. The van der Waals surface area contributed by atoms with Gasteiger partial charge < -0.3 is 24.8 Å². The Kier molecular flexibility index (Phi) is 11.0. The summed E-state index contributed by atoms with van der Waals surface area (Å²) in [6.45, 7) is 15.4. The molecule has 5 rings (SSSR count). The van der Waals surface area contributed by atoms with Crippen molar-refractivity contribution in [3.8, 4) is 11.1 Å². The summed E-state index contributed by atoms with van der Waals surface area (Å²) in [7, 11) is 4.43. The average Bonchev–Trinajstić information content (AvgIpc) is 3.01. The fraction of sp³-hybridized carbons (Fsp3) is 0.541. The van der Waals surface area contributed by atoms with E-state index < -0.39 is 0 Å². The Morgan fingerprint density at radius 3 is 2.23 bits per heavy atom. The number of aryl methyl sites for hydroxylation is 2. The van der Waals surface area contributed by atoms with E-state index in [4.69, 9.17) is 4.74 Å². The highest BCUT2D eigenvalue weighted by atomic mass is 16.5. The first kappa shape index (κ1) is 32.4. The van der Waals surface area contributed by atoms with Crippen molar-refractivity contribution in [3.63, 3.8) is 0 Å². The lowest BCUT2D eigenvalue weighted by Gasteiger charge is -2.40. The van der Waals surface area contributed by atoms with Gasteiger partial charge in [0.25, 0.3) is 5.56 Å². The lowest BCUT2D eigenvalue weighted by Crippen LogP contribution is -2.42. The third-order valence-corrected chi connectivity index (χ3v) is 9.88. The minimum Gasteiger partial charge on any atom is -0.379 e. The van der Waals surface area contributed by atoms with Crippen molar-refractivity contribution in [1.29, 1.82) is 0 Å². The number of morpholine rings is 1. The highest BCUT2D eigenvalue weighted by Gasteiger charge is 2.28. The van der Waals surface area contributed by atoms with Crippen LogP contribution in [0.4, 0.5) is 5.69 Å². The maximum Gasteiger partial charge on any atom is 0.252 e. The summed E-state index contributed by atoms with van der Waals surface area (Å²) in [5, 5.41) is 3.62. The van der Waals surface area contributed by atoms with Crippen LogP contribution in [0.25, 0.3) is 11.1 Å². The number of aromatic nitrogens is 1. The zero-order valence-corrected chi connectivity index (χ0v) is 27.8. The Bertz CT molecular complexity index is 1430. The molecule has 0 amide bonds. The van der Waals surface area contributed by atoms with Gasteiger partial charge >= 0.3 is 0 Å². The Labute approximate surface area is 264 Å². The van der Waals surface area contributed by atoms with E-state index in [9.17, 15) is 4.79 Å². The number of rotatable bonds is 11. The van der Waals surface area contributed by atoms with Crippen LogP contribution >= 0.6 is 0 Å². The summed E-state index contributed by atoms with van der Waals surface area (Å²) in [6.07, 6.45) is 4.94. The molecule has 1 saturated carbocycles. The van der Waals surface area contributed by atoms with Gasteiger partial charge in [-0.05, 0) is 119 Å². The molecule has 7 heteroatoms. The van der Waals surface area contributed by atoms with Crippen molar-refractivity contribution < 1.29 is 4.74 Å². The molecule has 2 aromatic carbocycles. The molecule has 2 heterocycles. The lowest BCUT2D eigenvalue weighted by atomic mass is 9.88. The molecular weight excluding hydrogens is 546 g/mol. The standard InChI is InChI=1S/C37H53N5O2/c1-7-42(34-14-12-33(13-15-34)40(5)6)36-22-31(30-10-8-29(9-11-30)25-41-16-18-44-19-17-41)21-32(28(36)4)23-38-24-35-26(2)20-27(3)39-37(35)43/h8-11,20-22,33-34,38H,7,12-19,23-25H2,1-6H3,(H,39,43)/t33-,34-. The number of hydrogen-bond acceptors (Lipinski definition) is 6. The molecule has 0 atom stereocenters. The van der Waals surface area contributed by atoms with Gasteiger partial charge in [-0.2, -0.15) is 0 Å². The fourth-order valence-electron chi connectivity index (χ4n) is 7.16. The molecule has 0 bridgehead atoms. The molecular formula is C37H53N5O2. The maximum atomic E-state index is 12.7. The minimum absolute atomic E-state index is 0.00353. The lowest BCUT2D eigenvalue weighted by molar-refractivity contribution is 0.0342. The van der Waals surface area contributed by atoms with Crippen molar-refractivity contribution in [2.24, 2.45) is 0 Å². The molecule has 2 fully saturated rings. The number of anilines is 1. The Hall–Kier alpha value is -2.97. The predicted molar refractivity (Wildman–Crippen MR) is 183 cm³/mol. The second kappa shape index (κ2) is 14.9. The van der Waals surface area contributed by atoms with Crippen molar-refractivity contribution in [2.75, 3.05) is 51.8 Å². The third kappa shape index (κ3) is 7.81. The van der Waals surface area contributed by atoms with Crippen LogP contribution in [0.1, 0.15) is 66.1 Å². The summed E-state index contributed by atoms with van der Waals surface area (Å²) < 4.78 is 5.53. The highest BCUT2D eigenvalue weighted by Crippen LogP contribution is 2.36. The number of hydrogen-bond donors (Lipinski definition) is 2. The molecule has 0 spiro atoms. The second-order valence-corrected chi connectivity index (χ2v) is 13.1. The molecule has 1 saturated heterocycles. The second-order valence-electron chi connectivity index (χ2n) is 13.1. The van der Waals surface area contributed by atoms with Crippen LogP contribution in [-0.4, -0.2) is 73.8 Å². The minimum atomic E-state index is 0.00353. The molecule has 1 aliphatic heterocycles. The molecule has 2 N–H and O–H groups in total. The normalized spacial score (nSPS) is 19.4. The zero-order valence-electron chi connectivity index (χ0n) is 27.8. The van der Waals surface area contributed by atoms with Crippen molar-refractivity contribution in [3.05, 3.63) is 86.3 Å². The van der Waals surface area contributed by atoms with Crippen LogP contribution in [-0.2, 0) is 24.4 Å². The molecule has 2 aliphatic rings. The van der Waals surface area contributed by atoms with Gasteiger partial charge in [0.15, 0.2) is 0 Å². The summed E-state index contributed by atoms with van der Waals surface area (Å²) in [5.74, 6) is 0. The maximum absolute atomic E-state index is 12.7. The van der Waals surface area contributed by atoms with Crippen LogP contribution in [0, 0.1) is 20.8 Å². The average molecular weight is 600 g/mol. The molecule has 3 aromatic rings. The number of ether oxygens (including phenoxy) is 1. The Morgan fingerprint density at radius 1 is 0.909 bits per heavy atom.